The number of aromatic nitrogens is 2. The van der Waals surface area contributed by atoms with Gasteiger partial charge in [-0.05, 0) is 63.0 Å². The molecule has 0 radical (unpaired) electrons. The lowest BCUT2D eigenvalue weighted by atomic mass is 10.1. The van der Waals surface area contributed by atoms with Crippen molar-refractivity contribution >= 4 is 68.5 Å². The molecule has 0 aliphatic heterocycles. The Kier molecular flexibility index (Phi) is 6.76. The molecule has 0 amide bonds. The first-order valence-corrected chi connectivity index (χ1v) is 12.1. The number of methoxy groups -OCH3 is 1. The molecule has 1 aliphatic carbocycles. The van der Waals surface area contributed by atoms with E-state index in [1.165, 1.54) is 12.0 Å². The Morgan fingerprint density at radius 1 is 1.25 bits per heavy atom. The van der Waals surface area contributed by atoms with Gasteiger partial charge in [0.05, 0.1) is 36.3 Å². The lowest BCUT2D eigenvalue weighted by Crippen LogP contribution is -2.21. The average molecular weight is 509 g/mol. The summed E-state index contributed by atoms with van der Waals surface area (Å²) in [5.74, 6) is -0.341. The molecule has 0 bridgehead atoms. The first-order valence-electron chi connectivity index (χ1n) is 10.1. The van der Waals surface area contributed by atoms with Gasteiger partial charge in [-0.3, -0.25) is 4.68 Å². The summed E-state index contributed by atoms with van der Waals surface area (Å²) in [5, 5.41) is 13.3. The molecular weight excluding hydrogens is 487 g/mol. The summed E-state index contributed by atoms with van der Waals surface area (Å²) < 4.78 is 6.85. The summed E-state index contributed by atoms with van der Waals surface area (Å²) in [6.45, 7) is 4.30. The number of carbonyl (C=O) groups is 1. The Balaban J connectivity index is 1.55. The summed E-state index contributed by atoms with van der Waals surface area (Å²) in [5.41, 5.74) is 4.95. The van der Waals surface area contributed by atoms with Crippen molar-refractivity contribution in [1.29, 1.82) is 0 Å². The number of esters is 1. The highest BCUT2D eigenvalue weighted by Gasteiger charge is 2.27. The number of anilines is 2. The number of hydrogen-bond donors (Lipinski definition) is 2. The van der Waals surface area contributed by atoms with E-state index >= 15 is 0 Å². The minimum Gasteiger partial charge on any atom is -0.465 e. The Labute approximate surface area is 205 Å². The number of thiocarbonyl (C=S) groups is 1. The van der Waals surface area contributed by atoms with Gasteiger partial charge in [0, 0.05) is 20.5 Å². The molecule has 2 heterocycles. The molecule has 0 atom stereocenters. The Morgan fingerprint density at radius 3 is 2.66 bits per heavy atom. The third-order valence-electron chi connectivity index (χ3n) is 5.53. The van der Waals surface area contributed by atoms with Crippen LogP contribution in [-0.4, -0.2) is 28.0 Å². The van der Waals surface area contributed by atoms with Gasteiger partial charge in [0.25, 0.3) is 0 Å². The van der Waals surface area contributed by atoms with E-state index in [9.17, 15) is 4.79 Å². The number of carbonyl (C=O) groups excluding carboxylic acids is 1. The van der Waals surface area contributed by atoms with Crippen LogP contribution in [0.5, 0.6) is 0 Å². The van der Waals surface area contributed by atoms with E-state index in [0.717, 1.165) is 47.5 Å². The quantitative estimate of drug-likeness (QED) is 0.325. The largest absolute Gasteiger partial charge is 0.465 e. The van der Waals surface area contributed by atoms with Crippen molar-refractivity contribution < 1.29 is 9.53 Å². The maximum Gasteiger partial charge on any atom is 0.341 e. The van der Waals surface area contributed by atoms with E-state index in [1.54, 1.807) is 11.3 Å². The van der Waals surface area contributed by atoms with Crippen LogP contribution >= 0.6 is 46.8 Å². The molecular formula is C22H22Cl2N4O2S2. The highest BCUT2D eigenvalue weighted by atomic mass is 35.5. The number of nitrogens with zero attached hydrogens (tertiary/aromatic N) is 2. The summed E-state index contributed by atoms with van der Waals surface area (Å²) in [6.07, 6.45) is 2.91. The molecule has 6 nitrogen and oxygen atoms in total. The van der Waals surface area contributed by atoms with Gasteiger partial charge in [-0.1, -0.05) is 29.3 Å². The normalized spacial score (nSPS) is 12.5. The van der Waals surface area contributed by atoms with Crippen LogP contribution in [0, 0.1) is 13.8 Å². The highest BCUT2D eigenvalue weighted by Crippen LogP contribution is 2.39. The summed E-state index contributed by atoms with van der Waals surface area (Å²) in [4.78, 5) is 13.6. The van der Waals surface area contributed by atoms with Gasteiger partial charge in [0.2, 0.25) is 0 Å². The lowest BCUT2D eigenvalue weighted by Gasteiger charge is -2.12. The predicted molar refractivity (Wildman–Crippen MR) is 135 cm³/mol. The topological polar surface area (TPSA) is 68.2 Å². The third kappa shape index (κ3) is 4.37. The molecule has 32 heavy (non-hydrogen) atoms. The first kappa shape index (κ1) is 23.0. The van der Waals surface area contributed by atoms with Gasteiger partial charge in [-0.2, -0.15) is 5.10 Å². The average Bonchev–Trinajstić information content (AvgIpc) is 3.40. The van der Waals surface area contributed by atoms with Crippen LogP contribution in [0.4, 0.5) is 10.7 Å². The molecule has 0 fully saturated rings. The molecule has 0 saturated heterocycles. The van der Waals surface area contributed by atoms with Crippen molar-refractivity contribution in [2.45, 2.75) is 39.7 Å². The maximum absolute atomic E-state index is 12.4. The van der Waals surface area contributed by atoms with Gasteiger partial charge in [0.1, 0.15) is 5.00 Å². The number of ether oxygens (including phenoxy) is 1. The summed E-state index contributed by atoms with van der Waals surface area (Å²) in [7, 11) is 1.40. The first-order chi connectivity index (χ1) is 15.3. The molecule has 168 valence electrons. The fourth-order valence-electron chi connectivity index (χ4n) is 3.92. The van der Waals surface area contributed by atoms with E-state index in [2.05, 4.69) is 15.7 Å². The van der Waals surface area contributed by atoms with Crippen LogP contribution in [0.2, 0.25) is 10.0 Å². The van der Waals surface area contributed by atoms with Gasteiger partial charge >= 0.3 is 5.97 Å². The van der Waals surface area contributed by atoms with Crippen molar-refractivity contribution in [1.82, 2.24) is 9.78 Å². The maximum atomic E-state index is 12.4. The zero-order valence-corrected chi connectivity index (χ0v) is 21.0. The van der Waals surface area contributed by atoms with Gasteiger partial charge in [0.15, 0.2) is 5.11 Å². The van der Waals surface area contributed by atoms with Gasteiger partial charge < -0.3 is 15.4 Å². The number of benzene rings is 1. The van der Waals surface area contributed by atoms with Crippen LogP contribution in [0.1, 0.15) is 44.2 Å². The van der Waals surface area contributed by atoms with E-state index in [0.29, 0.717) is 32.3 Å². The van der Waals surface area contributed by atoms with Crippen molar-refractivity contribution in [2.24, 2.45) is 0 Å². The number of rotatable bonds is 5. The van der Waals surface area contributed by atoms with Gasteiger partial charge in [-0.15, -0.1) is 11.3 Å². The second-order valence-corrected chi connectivity index (χ2v) is 9.86. The molecule has 2 aromatic heterocycles. The second kappa shape index (κ2) is 9.39. The fourth-order valence-corrected chi connectivity index (χ4v) is 5.99. The molecule has 3 aromatic rings. The van der Waals surface area contributed by atoms with Crippen LogP contribution in [0.25, 0.3) is 0 Å². The minimum atomic E-state index is -0.341. The fraction of sp³-hybridized carbons (Fsp3) is 0.318. The molecule has 10 heteroatoms. The Morgan fingerprint density at radius 2 is 1.97 bits per heavy atom. The molecule has 2 N–H and O–H groups in total. The highest BCUT2D eigenvalue weighted by molar-refractivity contribution is 7.80. The molecule has 0 spiro atoms. The number of thiophene rings is 1. The number of fused-ring (bicyclic) bond motifs is 1. The summed E-state index contributed by atoms with van der Waals surface area (Å²) >= 11 is 19.8. The van der Waals surface area contributed by atoms with E-state index in [1.807, 2.05) is 36.7 Å². The van der Waals surface area contributed by atoms with Gasteiger partial charge in [-0.25, -0.2) is 4.79 Å². The number of aryl methyl sites for hydroxylation is 2. The van der Waals surface area contributed by atoms with Crippen molar-refractivity contribution in [2.75, 3.05) is 17.7 Å². The molecule has 4 rings (SSSR count). The Bertz CT molecular complexity index is 1200. The second-order valence-electron chi connectivity index (χ2n) is 7.54. The van der Waals surface area contributed by atoms with Crippen molar-refractivity contribution in [3.63, 3.8) is 0 Å². The predicted octanol–water partition coefficient (Wildman–Crippen LogP) is 6.00. The van der Waals surface area contributed by atoms with Crippen molar-refractivity contribution in [3.8, 4) is 0 Å². The number of nitrogens with one attached hydrogen (secondary N) is 2. The number of halogens is 2. The van der Waals surface area contributed by atoms with E-state index in [-0.39, 0.29) is 5.97 Å². The molecule has 0 unspecified atom stereocenters. The standard InChI is InChI=1S/C22H22Cl2N4O2S2/c1-11-19(12(2)28(27-11)10-14-15(23)7-5-8-16(14)24)25-22(31)26-20-18(21(29)30-3)13-6-4-9-17(13)32-20/h5,7-8H,4,6,9-10H2,1-3H3,(H2,25,26,31). The van der Waals surface area contributed by atoms with Crippen LogP contribution in [-0.2, 0) is 24.1 Å². The van der Waals surface area contributed by atoms with Crippen LogP contribution in [0.3, 0.4) is 0 Å². The monoisotopic (exact) mass is 508 g/mol. The molecule has 1 aromatic carbocycles. The zero-order chi connectivity index (χ0) is 23.0. The lowest BCUT2D eigenvalue weighted by molar-refractivity contribution is 0.0601. The Hall–Kier alpha value is -2.13. The molecule has 0 saturated carbocycles. The van der Waals surface area contributed by atoms with E-state index in [4.69, 9.17) is 40.2 Å². The zero-order valence-electron chi connectivity index (χ0n) is 17.8. The minimum absolute atomic E-state index is 0.341. The molecule has 1 aliphatic rings. The van der Waals surface area contributed by atoms with Crippen molar-refractivity contribution in [3.05, 3.63) is 61.2 Å². The summed E-state index contributed by atoms with van der Waals surface area (Å²) in [6, 6.07) is 5.43. The smallest absolute Gasteiger partial charge is 0.341 e. The SMILES string of the molecule is COC(=O)c1c(NC(=S)Nc2c(C)nn(Cc3c(Cl)cccc3Cl)c2C)sc2c1CCC2. The third-order valence-corrected chi connectivity index (χ3v) is 7.65. The van der Waals surface area contributed by atoms with Crippen LogP contribution < -0.4 is 10.6 Å². The number of hydrogen-bond acceptors (Lipinski definition) is 5. The van der Waals surface area contributed by atoms with Crippen LogP contribution in [0.15, 0.2) is 18.2 Å². The van der Waals surface area contributed by atoms with E-state index < -0.39 is 0 Å².